The van der Waals surface area contributed by atoms with E-state index in [0.29, 0.717) is 0 Å². The van der Waals surface area contributed by atoms with Crippen molar-refractivity contribution >= 4 is 0 Å². The molecule has 0 N–H and O–H groups in total. The van der Waals surface area contributed by atoms with E-state index in [4.69, 9.17) is 0 Å². The van der Waals surface area contributed by atoms with Gasteiger partial charge in [0.1, 0.15) is 0 Å². The third-order valence-electron chi connectivity index (χ3n) is 3.57. The summed E-state index contributed by atoms with van der Waals surface area (Å²) >= 11 is 2.87. The molecule has 0 nitrogen and oxygen atoms in total. The van der Waals surface area contributed by atoms with Gasteiger partial charge < -0.3 is 24.8 Å². The van der Waals surface area contributed by atoms with Gasteiger partial charge in [0.15, 0.2) is 0 Å². The fourth-order valence-corrected chi connectivity index (χ4v) is 3.24. The summed E-state index contributed by atoms with van der Waals surface area (Å²) in [5, 5.41) is 0. The molecule has 0 fully saturated rings. The summed E-state index contributed by atoms with van der Waals surface area (Å²) in [5.41, 5.74) is 3.87. The fourth-order valence-electron chi connectivity index (χ4n) is 2.54. The van der Waals surface area contributed by atoms with Crippen LogP contribution in [-0.2, 0) is 21.6 Å². The molecule has 0 radical (unpaired) electrons. The average Bonchev–Trinajstić information content (AvgIpc) is 2.56. The first-order valence-electron chi connectivity index (χ1n) is 6.71. The SMILES string of the molecule is [Cl-].[Cl-].[V+2][C](c1ccccc1)(c1ccccc1)c1ccccc1. The summed E-state index contributed by atoms with van der Waals surface area (Å²) in [7, 11) is 0. The Morgan fingerprint density at radius 2 is 0.682 bits per heavy atom. The molecular formula is C19H15Cl2V. The minimum absolute atomic E-state index is 0. The van der Waals surface area contributed by atoms with E-state index in [0.717, 1.165) is 0 Å². The van der Waals surface area contributed by atoms with Crippen molar-refractivity contribution in [3.63, 3.8) is 0 Å². The van der Waals surface area contributed by atoms with E-state index in [2.05, 4.69) is 108 Å². The third kappa shape index (κ3) is 3.59. The van der Waals surface area contributed by atoms with Crippen molar-refractivity contribution in [1.82, 2.24) is 0 Å². The van der Waals surface area contributed by atoms with Gasteiger partial charge in [-0.2, -0.15) is 0 Å². The normalized spacial score (nSPS) is 10.1. The van der Waals surface area contributed by atoms with Crippen molar-refractivity contribution < 1.29 is 42.2 Å². The monoisotopic (exact) mass is 364 g/mol. The summed E-state index contributed by atoms with van der Waals surface area (Å²) < 4.78 is -0.184. The van der Waals surface area contributed by atoms with Crippen molar-refractivity contribution in [1.29, 1.82) is 0 Å². The third-order valence-corrected chi connectivity index (χ3v) is 4.78. The van der Waals surface area contributed by atoms with E-state index in [9.17, 15) is 0 Å². The summed E-state index contributed by atoms with van der Waals surface area (Å²) in [6.07, 6.45) is 0. The van der Waals surface area contributed by atoms with E-state index >= 15 is 0 Å². The van der Waals surface area contributed by atoms with Gasteiger partial charge in [-0.25, -0.2) is 0 Å². The van der Waals surface area contributed by atoms with Crippen LogP contribution in [0.15, 0.2) is 91.0 Å². The molecule has 0 aliphatic heterocycles. The van der Waals surface area contributed by atoms with Gasteiger partial charge in [0.05, 0.1) is 0 Å². The molecule has 3 aromatic carbocycles. The van der Waals surface area contributed by atoms with Crippen LogP contribution in [-0.4, -0.2) is 0 Å². The zero-order chi connectivity index (χ0) is 13.8. The molecule has 0 bridgehead atoms. The standard InChI is InChI=1S/C19H15.2ClH.V/c1-4-10-16(11-5-1)19(17-12-6-2-7-13-17)18-14-8-3-9-15-18;;;/h1-15H;2*1H;/q;;;+2/p-2. The Morgan fingerprint density at radius 3 is 0.909 bits per heavy atom. The Hall–Kier alpha value is -1.18. The number of hydrogen-bond donors (Lipinski definition) is 0. The number of hydrogen-bond acceptors (Lipinski definition) is 0. The molecule has 0 aliphatic carbocycles. The van der Waals surface area contributed by atoms with Gasteiger partial charge in [-0.1, -0.05) is 0 Å². The Kier molecular flexibility index (Phi) is 7.25. The molecule has 0 spiro atoms. The molecule has 0 aromatic heterocycles. The van der Waals surface area contributed by atoms with Crippen LogP contribution in [0.4, 0.5) is 0 Å². The van der Waals surface area contributed by atoms with E-state index < -0.39 is 0 Å². The van der Waals surface area contributed by atoms with Crippen molar-refractivity contribution in [3.8, 4) is 0 Å². The maximum absolute atomic E-state index is 2.87. The second-order valence-electron chi connectivity index (χ2n) is 4.81. The van der Waals surface area contributed by atoms with Gasteiger partial charge in [-0.15, -0.1) is 0 Å². The van der Waals surface area contributed by atoms with Crippen molar-refractivity contribution in [2.45, 2.75) is 4.13 Å². The van der Waals surface area contributed by atoms with E-state index in [-0.39, 0.29) is 28.9 Å². The topological polar surface area (TPSA) is 0 Å². The molecule has 3 rings (SSSR count). The van der Waals surface area contributed by atoms with Gasteiger partial charge in [0.2, 0.25) is 0 Å². The minimum atomic E-state index is -0.184. The van der Waals surface area contributed by atoms with Crippen LogP contribution in [0.3, 0.4) is 0 Å². The maximum atomic E-state index is 2.87. The quantitative estimate of drug-likeness (QED) is 0.498. The predicted octanol–water partition coefficient (Wildman–Crippen LogP) is -1.47. The number of halogens is 2. The van der Waals surface area contributed by atoms with Crippen LogP contribution in [0.2, 0.25) is 0 Å². The average molecular weight is 365 g/mol. The molecule has 3 aromatic rings. The fraction of sp³-hybridized carbons (Fsp3) is 0.0526. The molecular weight excluding hydrogens is 350 g/mol. The van der Waals surface area contributed by atoms with Gasteiger partial charge in [0.25, 0.3) is 0 Å². The van der Waals surface area contributed by atoms with Crippen LogP contribution in [0.1, 0.15) is 16.7 Å². The summed E-state index contributed by atoms with van der Waals surface area (Å²) in [6, 6.07) is 31.9. The van der Waals surface area contributed by atoms with E-state index in [1.807, 2.05) is 0 Å². The molecule has 0 unspecified atom stereocenters. The molecule has 0 heterocycles. The van der Waals surface area contributed by atoms with Crippen LogP contribution < -0.4 is 24.8 Å². The van der Waals surface area contributed by atoms with E-state index in [1.54, 1.807) is 0 Å². The Morgan fingerprint density at radius 1 is 0.455 bits per heavy atom. The molecule has 0 aliphatic rings. The van der Waals surface area contributed by atoms with Crippen LogP contribution >= 0.6 is 0 Å². The van der Waals surface area contributed by atoms with Gasteiger partial charge in [-0.05, 0) is 0 Å². The molecule has 110 valence electrons. The van der Waals surface area contributed by atoms with Gasteiger partial charge >= 0.3 is 129 Å². The van der Waals surface area contributed by atoms with Crippen LogP contribution in [0, 0.1) is 0 Å². The van der Waals surface area contributed by atoms with E-state index in [1.165, 1.54) is 16.7 Å². The summed E-state index contributed by atoms with van der Waals surface area (Å²) in [4.78, 5) is 0. The Labute approximate surface area is 153 Å². The number of rotatable bonds is 3. The first kappa shape index (κ1) is 18.9. The molecule has 0 atom stereocenters. The van der Waals surface area contributed by atoms with Gasteiger partial charge in [0, 0.05) is 0 Å². The van der Waals surface area contributed by atoms with Crippen molar-refractivity contribution in [2.75, 3.05) is 0 Å². The summed E-state index contributed by atoms with van der Waals surface area (Å²) in [6.45, 7) is 0. The van der Waals surface area contributed by atoms with Crippen LogP contribution in [0.25, 0.3) is 0 Å². The summed E-state index contributed by atoms with van der Waals surface area (Å²) in [5.74, 6) is 0. The molecule has 22 heavy (non-hydrogen) atoms. The Balaban J connectivity index is 0.00000121. The zero-order valence-corrected chi connectivity index (χ0v) is 14.8. The van der Waals surface area contributed by atoms with Gasteiger partial charge in [-0.3, -0.25) is 0 Å². The second kappa shape index (κ2) is 8.46. The van der Waals surface area contributed by atoms with Crippen LogP contribution in [0.5, 0.6) is 0 Å². The second-order valence-corrected chi connectivity index (χ2v) is 5.86. The molecule has 0 amide bonds. The molecule has 0 saturated carbocycles. The predicted molar refractivity (Wildman–Crippen MR) is 79.2 cm³/mol. The molecule has 3 heteroatoms. The van der Waals surface area contributed by atoms with Crippen molar-refractivity contribution in [2.24, 2.45) is 0 Å². The number of benzene rings is 3. The first-order chi connectivity index (χ1) is 9.82. The van der Waals surface area contributed by atoms with Crippen molar-refractivity contribution in [3.05, 3.63) is 108 Å². The first-order valence-corrected chi connectivity index (χ1v) is 7.40. The zero-order valence-electron chi connectivity index (χ0n) is 11.9. The molecule has 0 saturated heterocycles. The Bertz CT molecular complexity index is 573.